The van der Waals surface area contributed by atoms with Crippen LogP contribution in [0.4, 0.5) is 0 Å². The topological polar surface area (TPSA) is 29.1 Å². The number of amides is 1. The Bertz CT molecular complexity index is 177. The van der Waals surface area contributed by atoms with Gasteiger partial charge in [0.05, 0.1) is 0 Å². The SMILES string of the molecule is CC(C)C1CC(=O)NC(C)C1C. The average molecular weight is 169 g/mol. The minimum atomic E-state index is 0.222. The van der Waals surface area contributed by atoms with Gasteiger partial charge in [-0.1, -0.05) is 20.8 Å². The van der Waals surface area contributed by atoms with E-state index in [0.29, 0.717) is 30.2 Å². The first-order valence-corrected chi connectivity index (χ1v) is 4.81. The molecule has 1 aliphatic heterocycles. The van der Waals surface area contributed by atoms with Crippen LogP contribution in [0.2, 0.25) is 0 Å². The zero-order valence-corrected chi connectivity index (χ0v) is 8.42. The molecular weight excluding hydrogens is 150 g/mol. The highest BCUT2D eigenvalue weighted by Gasteiger charge is 2.32. The Hall–Kier alpha value is -0.530. The molecular formula is C10H19NO. The van der Waals surface area contributed by atoms with E-state index in [2.05, 4.69) is 33.0 Å². The van der Waals surface area contributed by atoms with Crippen molar-refractivity contribution in [3.05, 3.63) is 0 Å². The number of hydrogen-bond acceptors (Lipinski definition) is 1. The van der Waals surface area contributed by atoms with Crippen molar-refractivity contribution in [1.82, 2.24) is 5.32 Å². The maximum atomic E-state index is 11.2. The van der Waals surface area contributed by atoms with Gasteiger partial charge in [-0.25, -0.2) is 0 Å². The lowest BCUT2D eigenvalue weighted by molar-refractivity contribution is -0.126. The molecule has 1 saturated heterocycles. The number of nitrogens with one attached hydrogen (secondary N) is 1. The van der Waals surface area contributed by atoms with Crippen LogP contribution in [0.3, 0.4) is 0 Å². The van der Waals surface area contributed by atoms with Crippen molar-refractivity contribution in [3.8, 4) is 0 Å². The maximum Gasteiger partial charge on any atom is 0.220 e. The molecule has 0 aliphatic carbocycles. The number of carbonyl (C=O) groups is 1. The molecule has 2 heteroatoms. The number of hydrogen-bond donors (Lipinski definition) is 1. The zero-order valence-electron chi connectivity index (χ0n) is 8.42. The van der Waals surface area contributed by atoms with Gasteiger partial charge in [0.15, 0.2) is 0 Å². The Kier molecular flexibility index (Phi) is 2.76. The van der Waals surface area contributed by atoms with E-state index in [1.807, 2.05) is 0 Å². The van der Waals surface area contributed by atoms with Gasteiger partial charge in [0.2, 0.25) is 5.91 Å². The predicted octanol–water partition coefficient (Wildman–Crippen LogP) is 1.80. The van der Waals surface area contributed by atoms with Crippen molar-refractivity contribution in [3.63, 3.8) is 0 Å². The molecule has 1 amide bonds. The minimum Gasteiger partial charge on any atom is -0.353 e. The van der Waals surface area contributed by atoms with Crippen molar-refractivity contribution in [2.24, 2.45) is 17.8 Å². The van der Waals surface area contributed by atoms with Crippen molar-refractivity contribution in [2.45, 2.75) is 40.2 Å². The van der Waals surface area contributed by atoms with Gasteiger partial charge in [-0.3, -0.25) is 4.79 Å². The van der Waals surface area contributed by atoms with E-state index in [4.69, 9.17) is 0 Å². The second kappa shape index (κ2) is 3.46. The van der Waals surface area contributed by atoms with Crippen molar-refractivity contribution >= 4 is 5.91 Å². The first-order chi connectivity index (χ1) is 5.52. The molecule has 1 fully saturated rings. The van der Waals surface area contributed by atoms with Crippen LogP contribution in [-0.4, -0.2) is 11.9 Å². The molecule has 0 radical (unpaired) electrons. The molecule has 0 aromatic carbocycles. The lowest BCUT2D eigenvalue weighted by Crippen LogP contribution is -2.47. The fourth-order valence-corrected chi connectivity index (χ4v) is 2.06. The third kappa shape index (κ3) is 1.79. The molecule has 0 saturated carbocycles. The molecule has 0 spiro atoms. The Morgan fingerprint density at radius 2 is 2.00 bits per heavy atom. The van der Waals surface area contributed by atoms with Gasteiger partial charge in [0.1, 0.15) is 0 Å². The predicted molar refractivity (Wildman–Crippen MR) is 49.7 cm³/mol. The highest BCUT2D eigenvalue weighted by atomic mass is 16.1. The quantitative estimate of drug-likeness (QED) is 0.637. The molecule has 3 atom stereocenters. The molecule has 0 bridgehead atoms. The zero-order chi connectivity index (χ0) is 9.30. The third-order valence-corrected chi connectivity index (χ3v) is 3.13. The largest absolute Gasteiger partial charge is 0.353 e. The summed E-state index contributed by atoms with van der Waals surface area (Å²) < 4.78 is 0. The lowest BCUT2D eigenvalue weighted by atomic mass is 9.76. The molecule has 2 nitrogen and oxygen atoms in total. The highest BCUT2D eigenvalue weighted by molar-refractivity contribution is 5.77. The van der Waals surface area contributed by atoms with Crippen molar-refractivity contribution in [1.29, 1.82) is 0 Å². The summed E-state index contributed by atoms with van der Waals surface area (Å²) in [7, 11) is 0. The van der Waals surface area contributed by atoms with E-state index in [-0.39, 0.29) is 5.91 Å². The van der Waals surface area contributed by atoms with Crippen LogP contribution in [0.15, 0.2) is 0 Å². The molecule has 70 valence electrons. The fourth-order valence-electron chi connectivity index (χ4n) is 2.06. The van der Waals surface area contributed by atoms with Gasteiger partial charge in [-0.05, 0) is 24.7 Å². The maximum absolute atomic E-state index is 11.2. The standard InChI is InChI=1S/C10H19NO/c1-6(2)9-5-10(12)11-8(4)7(9)3/h6-9H,5H2,1-4H3,(H,11,12). The molecule has 1 heterocycles. The van der Waals surface area contributed by atoms with Crippen LogP contribution >= 0.6 is 0 Å². The Balaban J connectivity index is 2.66. The molecule has 1 aliphatic rings. The summed E-state index contributed by atoms with van der Waals surface area (Å²) in [6.45, 7) is 8.73. The lowest BCUT2D eigenvalue weighted by Gasteiger charge is -2.36. The van der Waals surface area contributed by atoms with Gasteiger partial charge < -0.3 is 5.32 Å². The summed E-state index contributed by atoms with van der Waals surface area (Å²) in [4.78, 5) is 11.2. The van der Waals surface area contributed by atoms with E-state index < -0.39 is 0 Å². The molecule has 1 N–H and O–H groups in total. The third-order valence-electron chi connectivity index (χ3n) is 3.13. The number of piperidine rings is 1. The summed E-state index contributed by atoms with van der Waals surface area (Å²) in [5, 5.41) is 2.97. The normalized spacial score (nSPS) is 36.8. The average Bonchev–Trinajstić information content (AvgIpc) is 1.96. The van der Waals surface area contributed by atoms with Gasteiger partial charge in [0.25, 0.3) is 0 Å². The monoisotopic (exact) mass is 169 g/mol. The van der Waals surface area contributed by atoms with Crippen LogP contribution in [0, 0.1) is 17.8 Å². The van der Waals surface area contributed by atoms with Crippen molar-refractivity contribution < 1.29 is 4.79 Å². The van der Waals surface area contributed by atoms with Gasteiger partial charge >= 0.3 is 0 Å². The van der Waals surface area contributed by atoms with E-state index in [9.17, 15) is 4.79 Å². The van der Waals surface area contributed by atoms with E-state index in [1.54, 1.807) is 0 Å². The second-order valence-electron chi connectivity index (χ2n) is 4.33. The molecule has 3 unspecified atom stereocenters. The number of rotatable bonds is 1. The van der Waals surface area contributed by atoms with E-state index in [0.717, 1.165) is 0 Å². The Morgan fingerprint density at radius 3 is 2.50 bits per heavy atom. The fraction of sp³-hybridized carbons (Fsp3) is 0.900. The van der Waals surface area contributed by atoms with Crippen LogP contribution < -0.4 is 5.32 Å². The van der Waals surface area contributed by atoms with Crippen LogP contribution in [0.25, 0.3) is 0 Å². The molecule has 0 aromatic heterocycles. The van der Waals surface area contributed by atoms with Crippen LogP contribution in [-0.2, 0) is 4.79 Å². The second-order valence-corrected chi connectivity index (χ2v) is 4.33. The van der Waals surface area contributed by atoms with Crippen molar-refractivity contribution in [2.75, 3.05) is 0 Å². The smallest absolute Gasteiger partial charge is 0.220 e. The van der Waals surface area contributed by atoms with Gasteiger partial charge in [0, 0.05) is 12.5 Å². The summed E-state index contributed by atoms with van der Waals surface area (Å²) in [6.07, 6.45) is 0.711. The Morgan fingerprint density at radius 1 is 1.42 bits per heavy atom. The van der Waals surface area contributed by atoms with Crippen LogP contribution in [0.1, 0.15) is 34.1 Å². The van der Waals surface area contributed by atoms with E-state index >= 15 is 0 Å². The minimum absolute atomic E-state index is 0.222. The summed E-state index contributed by atoms with van der Waals surface area (Å²) in [6, 6.07) is 0.346. The van der Waals surface area contributed by atoms with E-state index in [1.165, 1.54) is 0 Å². The van der Waals surface area contributed by atoms with Gasteiger partial charge in [-0.15, -0.1) is 0 Å². The molecule has 1 rings (SSSR count). The highest BCUT2D eigenvalue weighted by Crippen LogP contribution is 2.29. The first-order valence-electron chi connectivity index (χ1n) is 4.81. The van der Waals surface area contributed by atoms with Gasteiger partial charge in [-0.2, -0.15) is 0 Å². The summed E-state index contributed by atoms with van der Waals surface area (Å²) in [5.74, 6) is 2.02. The molecule has 12 heavy (non-hydrogen) atoms. The summed E-state index contributed by atoms with van der Waals surface area (Å²) in [5.41, 5.74) is 0. The summed E-state index contributed by atoms with van der Waals surface area (Å²) >= 11 is 0. The molecule has 0 aromatic rings. The Labute approximate surface area is 74.7 Å². The van der Waals surface area contributed by atoms with Crippen LogP contribution in [0.5, 0.6) is 0 Å². The first kappa shape index (κ1) is 9.56. The number of carbonyl (C=O) groups excluding carboxylic acids is 1.